The summed E-state index contributed by atoms with van der Waals surface area (Å²) in [6, 6.07) is -0.0920. The van der Waals surface area contributed by atoms with Gasteiger partial charge in [-0.25, -0.2) is 4.98 Å². The highest BCUT2D eigenvalue weighted by atomic mass is 15.2. The molecule has 0 saturated carbocycles. The topological polar surface area (TPSA) is 67.6 Å². The lowest BCUT2D eigenvalue weighted by Gasteiger charge is -2.16. The average molecular weight is 206 g/mol. The van der Waals surface area contributed by atoms with Gasteiger partial charge < -0.3 is 5.73 Å². The zero-order valence-corrected chi connectivity index (χ0v) is 8.95. The molecule has 2 rings (SSSR count). The van der Waals surface area contributed by atoms with E-state index in [-0.39, 0.29) is 6.04 Å². The molecule has 0 radical (unpaired) electrons. The first-order valence-electron chi connectivity index (χ1n) is 5.67. The smallest absolute Gasteiger partial charge is 0.145 e. The fourth-order valence-corrected chi connectivity index (χ4v) is 2.04. The molecule has 1 aliphatic carbocycles. The Morgan fingerprint density at radius 3 is 2.93 bits per heavy atom. The molecule has 1 heterocycles. The van der Waals surface area contributed by atoms with Crippen LogP contribution in [0.1, 0.15) is 50.4 Å². The summed E-state index contributed by atoms with van der Waals surface area (Å²) in [5, 5.41) is 6.68. The maximum atomic E-state index is 6.13. The van der Waals surface area contributed by atoms with E-state index < -0.39 is 0 Å². The van der Waals surface area contributed by atoms with E-state index in [2.05, 4.69) is 21.3 Å². The molecule has 4 nitrogen and oxygen atoms in total. The van der Waals surface area contributed by atoms with Crippen molar-refractivity contribution < 1.29 is 0 Å². The molecular formula is C11H18N4. The Morgan fingerprint density at radius 2 is 2.13 bits per heavy atom. The van der Waals surface area contributed by atoms with E-state index in [1.54, 1.807) is 0 Å². The molecular weight excluding hydrogens is 188 g/mol. The summed E-state index contributed by atoms with van der Waals surface area (Å²) in [4.78, 5) is 4.11. The van der Waals surface area contributed by atoms with Gasteiger partial charge in [-0.05, 0) is 31.3 Å². The zero-order valence-electron chi connectivity index (χ0n) is 8.95. The van der Waals surface area contributed by atoms with Gasteiger partial charge in [0.05, 0.1) is 6.04 Å². The highest BCUT2D eigenvalue weighted by Crippen LogP contribution is 2.24. The summed E-state index contributed by atoms with van der Waals surface area (Å²) in [6.45, 7) is 0. The van der Waals surface area contributed by atoms with Crippen molar-refractivity contribution in [3.63, 3.8) is 0 Å². The summed E-state index contributed by atoms with van der Waals surface area (Å²) in [5.41, 5.74) is 7.44. The van der Waals surface area contributed by atoms with Crippen LogP contribution in [0.25, 0.3) is 0 Å². The number of allylic oxidation sites excluding steroid dienone is 1. The molecule has 0 aliphatic heterocycles. The first-order valence-corrected chi connectivity index (χ1v) is 5.67. The van der Waals surface area contributed by atoms with Crippen LogP contribution in [0.4, 0.5) is 0 Å². The van der Waals surface area contributed by atoms with E-state index >= 15 is 0 Å². The molecule has 82 valence electrons. The van der Waals surface area contributed by atoms with Gasteiger partial charge in [0.25, 0.3) is 0 Å². The van der Waals surface area contributed by atoms with Crippen LogP contribution >= 0.6 is 0 Å². The molecule has 0 fully saturated rings. The molecule has 1 atom stereocenters. The predicted molar refractivity (Wildman–Crippen MR) is 59.1 cm³/mol. The molecule has 1 aromatic rings. The van der Waals surface area contributed by atoms with E-state index in [1.165, 1.54) is 37.6 Å². The fraction of sp³-hybridized carbons (Fsp3) is 0.636. The number of rotatable bonds is 2. The van der Waals surface area contributed by atoms with Gasteiger partial charge in [0.15, 0.2) is 0 Å². The monoisotopic (exact) mass is 206 g/mol. The normalized spacial score (nSPS) is 20.2. The Bertz CT molecular complexity index is 315. The lowest BCUT2D eigenvalue weighted by atomic mass is 9.95. The second kappa shape index (κ2) is 5.07. The molecule has 3 N–H and O–H groups in total. The van der Waals surface area contributed by atoms with Crippen molar-refractivity contribution in [2.45, 2.75) is 44.6 Å². The second-order valence-corrected chi connectivity index (χ2v) is 4.08. The summed E-state index contributed by atoms with van der Waals surface area (Å²) >= 11 is 0. The van der Waals surface area contributed by atoms with Crippen LogP contribution in [0.3, 0.4) is 0 Å². The fourth-order valence-electron chi connectivity index (χ4n) is 2.04. The van der Waals surface area contributed by atoms with Gasteiger partial charge in [-0.15, -0.1) is 0 Å². The summed E-state index contributed by atoms with van der Waals surface area (Å²) < 4.78 is 0. The van der Waals surface area contributed by atoms with Crippen LogP contribution in [0.5, 0.6) is 0 Å². The van der Waals surface area contributed by atoms with Crippen LogP contribution in [-0.2, 0) is 0 Å². The van der Waals surface area contributed by atoms with Gasteiger partial charge in [0, 0.05) is 0 Å². The highest BCUT2D eigenvalue weighted by molar-refractivity contribution is 5.16. The molecule has 0 saturated heterocycles. The van der Waals surface area contributed by atoms with Gasteiger partial charge in [0.2, 0.25) is 0 Å². The minimum atomic E-state index is -0.0920. The number of nitrogens with zero attached hydrogens (tertiary/aromatic N) is 2. The summed E-state index contributed by atoms with van der Waals surface area (Å²) in [5.74, 6) is 0.779. The predicted octanol–water partition coefficient (Wildman–Crippen LogP) is 2.09. The van der Waals surface area contributed by atoms with Crippen molar-refractivity contribution in [3.8, 4) is 0 Å². The minimum absolute atomic E-state index is 0.0920. The Labute approximate surface area is 90.0 Å². The van der Waals surface area contributed by atoms with Gasteiger partial charge in [-0.1, -0.05) is 18.9 Å². The highest BCUT2D eigenvalue weighted by Gasteiger charge is 2.14. The quantitative estimate of drug-likeness (QED) is 0.728. The first kappa shape index (κ1) is 10.4. The van der Waals surface area contributed by atoms with Crippen LogP contribution in [0.15, 0.2) is 18.0 Å². The Balaban J connectivity index is 2.07. The molecule has 0 bridgehead atoms. The second-order valence-electron chi connectivity index (χ2n) is 4.08. The van der Waals surface area contributed by atoms with Crippen molar-refractivity contribution in [1.82, 2.24) is 15.2 Å². The molecule has 0 spiro atoms. The van der Waals surface area contributed by atoms with E-state index in [1.807, 2.05) is 0 Å². The molecule has 15 heavy (non-hydrogen) atoms. The lowest BCUT2D eigenvalue weighted by molar-refractivity contribution is 0.595. The van der Waals surface area contributed by atoms with Crippen molar-refractivity contribution in [1.29, 1.82) is 0 Å². The average Bonchev–Trinajstić information content (AvgIpc) is 2.68. The third-order valence-electron chi connectivity index (χ3n) is 2.95. The zero-order chi connectivity index (χ0) is 10.5. The molecule has 0 amide bonds. The van der Waals surface area contributed by atoms with Gasteiger partial charge in [0.1, 0.15) is 12.2 Å². The third kappa shape index (κ3) is 2.65. The number of nitrogens with two attached hydrogens (primary N) is 1. The van der Waals surface area contributed by atoms with Gasteiger partial charge >= 0.3 is 0 Å². The van der Waals surface area contributed by atoms with Crippen LogP contribution in [-0.4, -0.2) is 15.2 Å². The largest absolute Gasteiger partial charge is 0.318 e. The van der Waals surface area contributed by atoms with Gasteiger partial charge in [-0.2, -0.15) is 5.10 Å². The molecule has 1 unspecified atom stereocenters. The van der Waals surface area contributed by atoms with E-state index in [4.69, 9.17) is 5.73 Å². The number of hydrogen-bond donors (Lipinski definition) is 2. The number of aromatic amines is 1. The van der Waals surface area contributed by atoms with E-state index in [9.17, 15) is 0 Å². The van der Waals surface area contributed by atoms with Gasteiger partial charge in [-0.3, -0.25) is 5.10 Å². The lowest BCUT2D eigenvalue weighted by Crippen LogP contribution is -2.15. The van der Waals surface area contributed by atoms with Crippen LogP contribution in [0, 0.1) is 0 Å². The maximum absolute atomic E-state index is 6.13. The number of aromatic nitrogens is 3. The SMILES string of the molecule is NC(C1=CCCCCCC1)c1ncn[nH]1. The van der Waals surface area contributed by atoms with E-state index in [0.717, 1.165) is 18.7 Å². The number of nitrogens with one attached hydrogen (secondary N) is 1. The summed E-state index contributed by atoms with van der Waals surface area (Å²) in [6.07, 6.45) is 11.2. The minimum Gasteiger partial charge on any atom is -0.318 e. The molecule has 4 heteroatoms. The Hall–Kier alpha value is -1.16. The molecule has 1 aromatic heterocycles. The molecule has 0 aromatic carbocycles. The summed E-state index contributed by atoms with van der Waals surface area (Å²) in [7, 11) is 0. The third-order valence-corrected chi connectivity index (χ3v) is 2.95. The maximum Gasteiger partial charge on any atom is 0.145 e. The first-order chi connectivity index (χ1) is 7.38. The van der Waals surface area contributed by atoms with Crippen molar-refractivity contribution >= 4 is 0 Å². The van der Waals surface area contributed by atoms with Crippen molar-refractivity contribution in [2.75, 3.05) is 0 Å². The van der Waals surface area contributed by atoms with Crippen LogP contribution in [0.2, 0.25) is 0 Å². The number of hydrogen-bond acceptors (Lipinski definition) is 3. The van der Waals surface area contributed by atoms with E-state index in [0.29, 0.717) is 0 Å². The molecule has 1 aliphatic rings. The Morgan fingerprint density at radius 1 is 1.27 bits per heavy atom. The van der Waals surface area contributed by atoms with Crippen LogP contribution < -0.4 is 5.73 Å². The van der Waals surface area contributed by atoms with Crippen molar-refractivity contribution in [3.05, 3.63) is 23.8 Å². The standard InChI is InChI=1S/C11H18N4/c12-10(11-13-8-14-15-11)9-6-4-2-1-3-5-7-9/h6,8,10H,1-5,7,12H2,(H,13,14,15). The Kier molecular flexibility index (Phi) is 3.50. The number of H-pyrrole nitrogens is 1. The van der Waals surface area contributed by atoms with Crippen molar-refractivity contribution in [2.24, 2.45) is 5.73 Å².